The lowest BCUT2D eigenvalue weighted by molar-refractivity contribution is 0.418. The summed E-state index contributed by atoms with van der Waals surface area (Å²) in [4.78, 5) is 1.35. The van der Waals surface area contributed by atoms with Gasteiger partial charge in [-0.3, -0.25) is 5.32 Å². The fourth-order valence-corrected chi connectivity index (χ4v) is 4.27. The van der Waals surface area contributed by atoms with Gasteiger partial charge in [-0.2, -0.15) is 5.26 Å². The van der Waals surface area contributed by atoms with Crippen molar-refractivity contribution in [1.82, 2.24) is 5.32 Å². The van der Waals surface area contributed by atoms with E-state index in [1.807, 2.05) is 18.7 Å². The highest BCUT2D eigenvalue weighted by molar-refractivity contribution is 7.99. The Morgan fingerprint density at radius 1 is 1.38 bits per heavy atom. The molecule has 114 valence electrons. The fraction of sp³-hybridized carbons (Fsp3) is 0.611. The number of nitrogens with one attached hydrogen (secondary N) is 1. The molecule has 3 heteroatoms. The molecular formula is C18H26N2S. The number of hydrogen-bond donors (Lipinski definition) is 1. The first-order valence-electron chi connectivity index (χ1n) is 8.01. The summed E-state index contributed by atoms with van der Waals surface area (Å²) in [6.45, 7) is 7.28. The van der Waals surface area contributed by atoms with Crippen LogP contribution in [0.1, 0.15) is 51.2 Å². The Labute approximate surface area is 133 Å². The molecule has 1 aromatic carbocycles. The Balaban J connectivity index is 1.95. The van der Waals surface area contributed by atoms with Gasteiger partial charge in [-0.15, -0.1) is 11.8 Å². The minimum absolute atomic E-state index is 0.418. The van der Waals surface area contributed by atoms with Crippen molar-refractivity contribution in [3.63, 3.8) is 0 Å². The minimum Gasteiger partial charge on any atom is -0.300 e. The van der Waals surface area contributed by atoms with E-state index in [1.54, 1.807) is 0 Å². The van der Waals surface area contributed by atoms with Gasteiger partial charge in [0.25, 0.3) is 0 Å². The molecule has 2 atom stereocenters. The lowest BCUT2D eigenvalue weighted by Gasteiger charge is -2.26. The molecule has 0 spiro atoms. The molecule has 1 aromatic rings. The van der Waals surface area contributed by atoms with Crippen LogP contribution in [0.4, 0.5) is 0 Å². The third-order valence-electron chi connectivity index (χ3n) is 4.11. The van der Waals surface area contributed by atoms with Gasteiger partial charge in [0.2, 0.25) is 0 Å². The maximum atomic E-state index is 9.43. The molecule has 2 rings (SSSR count). The van der Waals surface area contributed by atoms with Gasteiger partial charge in [0, 0.05) is 10.1 Å². The normalized spacial score (nSPS) is 17.8. The lowest BCUT2D eigenvalue weighted by Crippen LogP contribution is -2.43. The Bertz CT molecular complexity index is 520. The van der Waals surface area contributed by atoms with Gasteiger partial charge in [-0.05, 0) is 68.8 Å². The van der Waals surface area contributed by atoms with Gasteiger partial charge in [0.05, 0.1) is 6.07 Å². The molecule has 0 aliphatic heterocycles. The summed E-state index contributed by atoms with van der Waals surface area (Å²) in [5.41, 5.74) is 2.64. The van der Waals surface area contributed by atoms with Crippen molar-refractivity contribution in [2.45, 2.75) is 68.6 Å². The van der Waals surface area contributed by atoms with E-state index < -0.39 is 5.54 Å². The van der Waals surface area contributed by atoms with Crippen molar-refractivity contribution in [1.29, 1.82) is 5.26 Å². The van der Waals surface area contributed by atoms with E-state index in [9.17, 15) is 5.26 Å². The molecule has 0 amide bonds. The summed E-state index contributed by atoms with van der Waals surface area (Å²) in [7, 11) is 0. The van der Waals surface area contributed by atoms with E-state index in [0.717, 1.165) is 19.4 Å². The highest BCUT2D eigenvalue weighted by atomic mass is 32.2. The zero-order chi connectivity index (χ0) is 15.3. The molecule has 1 aliphatic carbocycles. The van der Waals surface area contributed by atoms with Gasteiger partial charge in [0.1, 0.15) is 5.54 Å². The van der Waals surface area contributed by atoms with Crippen LogP contribution in [0.15, 0.2) is 23.1 Å². The molecular weight excluding hydrogens is 276 g/mol. The number of hydrogen-bond acceptors (Lipinski definition) is 3. The van der Waals surface area contributed by atoms with E-state index in [1.165, 1.54) is 35.3 Å². The average Bonchev–Trinajstić information content (AvgIpc) is 2.92. The monoisotopic (exact) mass is 302 g/mol. The highest BCUT2D eigenvalue weighted by Gasteiger charge is 2.26. The SMILES string of the molecule is CCCNC(C)(C#N)CC(C)Sc1ccc2c(c1)CCC2. The van der Waals surface area contributed by atoms with Crippen LogP contribution in [-0.2, 0) is 12.8 Å². The number of rotatable bonds is 7. The summed E-state index contributed by atoms with van der Waals surface area (Å²) < 4.78 is 0. The average molecular weight is 302 g/mol. The molecule has 2 unspecified atom stereocenters. The van der Waals surface area contributed by atoms with Crippen LogP contribution in [0.25, 0.3) is 0 Å². The number of nitriles is 1. The second-order valence-electron chi connectivity index (χ2n) is 6.29. The van der Waals surface area contributed by atoms with Crippen LogP contribution < -0.4 is 5.32 Å². The maximum absolute atomic E-state index is 9.43. The molecule has 0 heterocycles. The summed E-state index contributed by atoms with van der Waals surface area (Å²) in [6.07, 6.45) is 5.69. The molecule has 0 saturated carbocycles. The van der Waals surface area contributed by atoms with Crippen molar-refractivity contribution >= 4 is 11.8 Å². The van der Waals surface area contributed by atoms with E-state index in [4.69, 9.17) is 0 Å². The lowest BCUT2D eigenvalue weighted by atomic mass is 9.98. The number of aryl methyl sites for hydroxylation is 2. The van der Waals surface area contributed by atoms with Crippen LogP contribution >= 0.6 is 11.8 Å². The maximum Gasteiger partial charge on any atom is 0.104 e. The molecule has 21 heavy (non-hydrogen) atoms. The fourth-order valence-electron chi connectivity index (χ4n) is 3.03. The second kappa shape index (κ2) is 7.33. The van der Waals surface area contributed by atoms with Crippen LogP contribution in [0.5, 0.6) is 0 Å². The van der Waals surface area contributed by atoms with Crippen molar-refractivity contribution in [3.8, 4) is 6.07 Å². The van der Waals surface area contributed by atoms with E-state index in [2.05, 4.69) is 43.4 Å². The van der Waals surface area contributed by atoms with Crippen molar-refractivity contribution in [2.24, 2.45) is 0 Å². The molecule has 2 nitrogen and oxygen atoms in total. The van der Waals surface area contributed by atoms with E-state index >= 15 is 0 Å². The topological polar surface area (TPSA) is 35.8 Å². The largest absolute Gasteiger partial charge is 0.300 e. The standard InChI is InChI=1S/C18H26N2S/c1-4-10-20-18(3,13-19)12-14(2)21-17-9-8-15-6-5-7-16(15)11-17/h8-9,11,14,20H,4-7,10,12H2,1-3H3. The van der Waals surface area contributed by atoms with Gasteiger partial charge < -0.3 is 0 Å². The Kier molecular flexibility index (Phi) is 5.72. The molecule has 0 bridgehead atoms. The third-order valence-corrected chi connectivity index (χ3v) is 5.21. The molecule has 1 aliphatic rings. The van der Waals surface area contributed by atoms with E-state index in [-0.39, 0.29) is 0 Å². The van der Waals surface area contributed by atoms with Crippen molar-refractivity contribution in [2.75, 3.05) is 6.54 Å². The van der Waals surface area contributed by atoms with Crippen molar-refractivity contribution in [3.05, 3.63) is 29.3 Å². The van der Waals surface area contributed by atoms with Crippen LogP contribution in [-0.4, -0.2) is 17.3 Å². The van der Waals surface area contributed by atoms with Crippen LogP contribution in [0, 0.1) is 11.3 Å². The molecule has 1 N–H and O–H groups in total. The van der Waals surface area contributed by atoms with Crippen molar-refractivity contribution < 1.29 is 0 Å². The summed E-state index contributed by atoms with van der Waals surface area (Å²) in [5.74, 6) is 0. The summed E-state index contributed by atoms with van der Waals surface area (Å²) in [5, 5.41) is 13.2. The first-order chi connectivity index (χ1) is 10.1. The highest BCUT2D eigenvalue weighted by Crippen LogP contribution is 2.32. The smallest absolute Gasteiger partial charge is 0.104 e. The number of nitrogens with zero attached hydrogens (tertiary/aromatic N) is 1. The Hall–Kier alpha value is -0.980. The van der Waals surface area contributed by atoms with Gasteiger partial charge >= 0.3 is 0 Å². The predicted octanol–water partition coefficient (Wildman–Crippen LogP) is 4.33. The Morgan fingerprint density at radius 3 is 2.86 bits per heavy atom. The minimum atomic E-state index is -0.418. The molecule has 0 radical (unpaired) electrons. The van der Waals surface area contributed by atoms with Crippen LogP contribution in [0.2, 0.25) is 0 Å². The number of fused-ring (bicyclic) bond motifs is 1. The number of benzene rings is 1. The van der Waals surface area contributed by atoms with Gasteiger partial charge in [-0.25, -0.2) is 0 Å². The predicted molar refractivity (Wildman–Crippen MR) is 90.7 cm³/mol. The quantitative estimate of drug-likeness (QED) is 0.762. The van der Waals surface area contributed by atoms with Crippen LogP contribution in [0.3, 0.4) is 0 Å². The van der Waals surface area contributed by atoms with Gasteiger partial charge in [-0.1, -0.05) is 19.9 Å². The zero-order valence-electron chi connectivity index (χ0n) is 13.4. The first kappa shape index (κ1) is 16.4. The van der Waals surface area contributed by atoms with E-state index in [0.29, 0.717) is 5.25 Å². The molecule has 0 aromatic heterocycles. The Morgan fingerprint density at radius 2 is 2.14 bits per heavy atom. The first-order valence-corrected chi connectivity index (χ1v) is 8.89. The summed E-state index contributed by atoms with van der Waals surface area (Å²) >= 11 is 1.89. The number of thioether (sulfide) groups is 1. The summed E-state index contributed by atoms with van der Waals surface area (Å²) in [6, 6.07) is 9.33. The molecule has 0 saturated heterocycles. The molecule has 0 fully saturated rings. The zero-order valence-corrected chi connectivity index (χ0v) is 14.2. The third kappa shape index (κ3) is 4.49. The second-order valence-corrected chi connectivity index (χ2v) is 7.80. The van der Waals surface area contributed by atoms with Gasteiger partial charge in [0.15, 0.2) is 0 Å².